The molecule has 1 aliphatic carbocycles. The Labute approximate surface area is 210 Å². The first-order valence-electron chi connectivity index (χ1n) is 13.1. The number of benzene rings is 1. The summed E-state index contributed by atoms with van der Waals surface area (Å²) < 4.78 is 20.7. The Morgan fingerprint density at radius 1 is 1.14 bits per heavy atom. The maximum absolute atomic E-state index is 15.0. The summed E-state index contributed by atoms with van der Waals surface area (Å²) >= 11 is 0. The highest BCUT2D eigenvalue weighted by atomic mass is 19.1. The third-order valence-electron chi connectivity index (χ3n) is 7.99. The van der Waals surface area contributed by atoms with E-state index in [4.69, 9.17) is 9.72 Å². The molecule has 1 amide bonds. The molecule has 2 saturated heterocycles. The number of rotatable bonds is 4. The number of nitrogens with zero attached hydrogens (tertiary/aromatic N) is 4. The van der Waals surface area contributed by atoms with Crippen molar-refractivity contribution in [1.29, 1.82) is 0 Å². The van der Waals surface area contributed by atoms with Crippen LogP contribution in [-0.2, 0) is 16.0 Å². The fourth-order valence-corrected chi connectivity index (χ4v) is 6.06. The van der Waals surface area contributed by atoms with Gasteiger partial charge in [0.2, 0.25) is 11.9 Å². The van der Waals surface area contributed by atoms with Crippen LogP contribution in [0.3, 0.4) is 0 Å². The number of aromatic nitrogens is 2. The summed E-state index contributed by atoms with van der Waals surface area (Å²) in [7, 11) is 0. The highest BCUT2D eigenvalue weighted by Gasteiger charge is 2.49. The Morgan fingerprint density at radius 2 is 1.97 bits per heavy atom. The van der Waals surface area contributed by atoms with Crippen molar-refractivity contribution < 1.29 is 13.9 Å². The van der Waals surface area contributed by atoms with Crippen LogP contribution < -0.4 is 25.8 Å². The van der Waals surface area contributed by atoms with E-state index >= 15 is 0 Å². The lowest BCUT2D eigenvalue weighted by Crippen LogP contribution is -2.55. The number of amides is 1. The van der Waals surface area contributed by atoms with Crippen LogP contribution in [0.15, 0.2) is 24.4 Å². The number of carbonyl (C=O) groups excluding carboxylic acids is 1. The second-order valence-electron chi connectivity index (χ2n) is 10.4. The molecule has 1 saturated carbocycles. The lowest BCUT2D eigenvalue weighted by molar-refractivity contribution is -0.133. The summed E-state index contributed by atoms with van der Waals surface area (Å²) in [6.07, 6.45) is 7.31. The van der Waals surface area contributed by atoms with Gasteiger partial charge in [-0.2, -0.15) is 4.98 Å². The van der Waals surface area contributed by atoms with E-state index in [1.54, 1.807) is 6.07 Å². The third-order valence-corrected chi connectivity index (χ3v) is 7.99. The molecule has 0 unspecified atom stereocenters. The van der Waals surface area contributed by atoms with Crippen LogP contribution in [0.2, 0.25) is 0 Å². The average molecular weight is 496 g/mol. The van der Waals surface area contributed by atoms with Crippen molar-refractivity contribution in [2.24, 2.45) is 5.41 Å². The van der Waals surface area contributed by atoms with Gasteiger partial charge in [0.1, 0.15) is 11.6 Å². The summed E-state index contributed by atoms with van der Waals surface area (Å²) in [6.45, 7) is 4.88. The van der Waals surface area contributed by atoms with Gasteiger partial charge in [0, 0.05) is 49.7 Å². The van der Waals surface area contributed by atoms with Crippen LogP contribution in [0.25, 0.3) is 0 Å². The molecule has 3 N–H and O–H groups in total. The standard InChI is InChI=1S/C26H34FN7O2/c27-21-13-19(5-6-22(21)33-11-9-28-10-12-33)31-25-30-15-18-14-26(7-8-29-17-36-16-26)24(35)34(23(18)32-25)20-3-1-2-4-20/h5-6,13,15,20,28-29H,1-4,7-12,14,16-17H2,(H,30,31,32)/t26-/m0/s1. The van der Waals surface area contributed by atoms with Crippen LogP contribution in [0.5, 0.6) is 0 Å². The van der Waals surface area contributed by atoms with Gasteiger partial charge in [-0.1, -0.05) is 12.8 Å². The smallest absolute Gasteiger partial charge is 0.237 e. The monoisotopic (exact) mass is 495 g/mol. The van der Waals surface area contributed by atoms with E-state index in [1.807, 2.05) is 17.2 Å². The molecular formula is C26H34FN7O2. The minimum atomic E-state index is -0.583. The van der Waals surface area contributed by atoms with Crippen molar-refractivity contribution in [3.05, 3.63) is 35.8 Å². The molecule has 3 fully saturated rings. The van der Waals surface area contributed by atoms with E-state index in [-0.39, 0.29) is 17.8 Å². The number of hydrogen-bond acceptors (Lipinski definition) is 8. The molecular weight excluding hydrogens is 461 g/mol. The van der Waals surface area contributed by atoms with Crippen LogP contribution in [-0.4, -0.2) is 68.0 Å². The van der Waals surface area contributed by atoms with Gasteiger partial charge >= 0.3 is 0 Å². The van der Waals surface area contributed by atoms with Crippen molar-refractivity contribution in [3.63, 3.8) is 0 Å². The van der Waals surface area contributed by atoms with Gasteiger partial charge in [-0.15, -0.1) is 0 Å². The maximum Gasteiger partial charge on any atom is 0.237 e. The number of anilines is 4. The average Bonchev–Trinajstić information content (AvgIpc) is 3.32. The topological polar surface area (TPSA) is 94.7 Å². The van der Waals surface area contributed by atoms with Crippen LogP contribution in [0.1, 0.15) is 37.7 Å². The molecule has 1 spiro atoms. The lowest BCUT2D eigenvalue weighted by Gasteiger charge is -2.43. The summed E-state index contributed by atoms with van der Waals surface area (Å²) in [4.78, 5) is 27.3. The molecule has 4 aliphatic rings. The molecule has 9 nitrogen and oxygen atoms in total. The minimum absolute atomic E-state index is 0.113. The molecule has 1 aromatic heterocycles. The zero-order chi connectivity index (χ0) is 24.5. The normalized spacial score (nSPS) is 25.2. The number of ether oxygens (including phenoxy) is 1. The molecule has 3 aliphatic heterocycles. The van der Waals surface area contributed by atoms with Crippen molar-refractivity contribution in [3.8, 4) is 0 Å². The molecule has 0 radical (unpaired) electrons. The van der Waals surface area contributed by atoms with Crippen LogP contribution in [0, 0.1) is 11.2 Å². The molecule has 1 atom stereocenters. The second kappa shape index (κ2) is 9.91. The van der Waals surface area contributed by atoms with Gasteiger partial charge in [0.05, 0.1) is 24.4 Å². The molecule has 10 heteroatoms. The third kappa shape index (κ3) is 4.42. The summed E-state index contributed by atoms with van der Waals surface area (Å²) in [5.74, 6) is 0.895. The predicted molar refractivity (Wildman–Crippen MR) is 136 cm³/mol. The molecule has 1 aromatic carbocycles. The van der Waals surface area contributed by atoms with Crippen molar-refractivity contribution >= 4 is 29.0 Å². The van der Waals surface area contributed by atoms with Crippen molar-refractivity contribution in [1.82, 2.24) is 20.6 Å². The predicted octanol–water partition coefficient (Wildman–Crippen LogP) is 2.55. The van der Waals surface area contributed by atoms with Gasteiger partial charge in [-0.3, -0.25) is 15.0 Å². The van der Waals surface area contributed by atoms with Gasteiger partial charge in [-0.05, 0) is 50.4 Å². The summed E-state index contributed by atoms with van der Waals surface area (Å²) in [6, 6.07) is 5.29. The number of fused-ring (bicyclic) bond motifs is 1. The van der Waals surface area contributed by atoms with E-state index in [0.29, 0.717) is 42.9 Å². The number of piperazine rings is 1. The molecule has 0 bridgehead atoms. The number of hydrogen-bond donors (Lipinski definition) is 3. The minimum Gasteiger partial charge on any atom is -0.367 e. The van der Waals surface area contributed by atoms with E-state index < -0.39 is 5.41 Å². The molecule has 6 rings (SSSR count). The largest absolute Gasteiger partial charge is 0.367 e. The fourth-order valence-electron chi connectivity index (χ4n) is 6.06. The van der Waals surface area contributed by atoms with E-state index in [9.17, 15) is 9.18 Å². The second-order valence-corrected chi connectivity index (χ2v) is 10.4. The number of nitrogens with one attached hydrogen (secondary N) is 3. The van der Waals surface area contributed by atoms with E-state index in [1.165, 1.54) is 6.07 Å². The molecule has 2 aromatic rings. The highest BCUT2D eigenvalue weighted by molar-refractivity contribution is 6.00. The Morgan fingerprint density at radius 3 is 2.78 bits per heavy atom. The fraction of sp³-hybridized carbons (Fsp3) is 0.577. The maximum atomic E-state index is 15.0. The molecule has 192 valence electrons. The molecule has 4 heterocycles. The van der Waals surface area contributed by atoms with E-state index in [2.05, 4.69) is 25.8 Å². The highest BCUT2D eigenvalue weighted by Crippen LogP contribution is 2.43. The summed E-state index contributed by atoms with van der Waals surface area (Å²) in [5.41, 5.74) is 1.58. The Kier molecular flexibility index (Phi) is 6.49. The van der Waals surface area contributed by atoms with Crippen LogP contribution in [0.4, 0.5) is 27.5 Å². The quantitative estimate of drug-likeness (QED) is 0.596. The lowest BCUT2D eigenvalue weighted by atomic mass is 9.75. The van der Waals surface area contributed by atoms with Crippen molar-refractivity contribution in [2.75, 3.05) is 61.2 Å². The van der Waals surface area contributed by atoms with Gasteiger partial charge in [-0.25, -0.2) is 9.37 Å². The Hall–Kier alpha value is -2.82. The number of carbonyl (C=O) groups is 1. The first kappa shape index (κ1) is 23.6. The Bertz CT molecular complexity index is 1110. The van der Waals surface area contributed by atoms with Gasteiger partial charge in [0.15, 0.2) is 0 Å². The SMILES string of the molecule is O=C1N(C2CCCC2)c2nc(Nc3ccc(N4CCNCC4)c(F)c3)ncc2C[C@]12CCNCOC2. The zero-order valence-corrected chi connectivity index (χ0v) is 20.6. The first-order chi connectivity index (χ1) is 17.6. The van der Waals surface area contributed by atoms with Gasteiger partial charge in [0.25, 0.3) is 0 Å². The number of halogens is 1. The zero-order valence-electron chi connectivity index (χ0n) is 20.6. The molecule has 36 heavy (non-hydrogen) atoms. The van der Waals surface area contributed by atoms with Gasteiger partial charge < -0.3 is 20.3 Å². The first-order valence-corrected chi connectivity index (χ1v) is 13.1. The van der Waals surface area contributed by atoms with Crippen molar-refractivity contribution in [2.45, 2.75) is 44.6 Å². The van der Waals surface area contributed by atoms with Crippen LogP contribution >= 0.6 is 0 Å². The Balaban J connectivity index is 1.29. The van der Waals surface area contributed by atoms with E-state index in [0.717, 1.165) is 70.4 Å². The summed E-state index contributed by atoms with van der Waals surface area (Å²) in [5, 5.41) is 9.70.